The predicted octanol–water partition coefficient (Wildman–Crippen LogP) is 0.918. The fraction of sp³-hybridized carbons (Fsp3) is 0.500. The molecule has 1 aromatic rings. The number of carbonyl (C=O) groups is 2. The summed E-state index contributed by atoms with van der Waals surface area (Å²) in [7, 11) is 0. The van der Waals surface area contributed by atoms with Gasteiger partial charge in [-0.05, 0) is 24.6 Å². The minimum atomic E-state index is -0.129. The van der Waals surface area contributed by atoms with Crippen molar-refractivity contribution in [3.05, 3.63) is 33.8 Å². The smallest absolute Gasteiger partial charge is 0.275 e. The summed E-state index contributed by atoms with van der Waals surface area (Å²) in [6, 6.07) is 5.23. The van der Waals surface area contributed by atoms with Crippen molar-refractivity contribution >= 4 is 35.0 Å². The molecule has 2 rings (SSSR count). The van der Waals surface area contributed by atoms with Crippen LogP contribution in [0.25, 0.3) is 0 Å². The van der Waals surface area contributed by atoms with Crippen LogP contribution in [0, 0.1) is 0 Å². The minimum Gasteiger partial charge on any atom is -0.345 e. The molecule has 1 aliphatic rings. The number of benzene rings is 1. The highest BCUT2D eigenvalue weighted by Gasteiger charge is 2.24. The summed E-state index contributed by atoms with van der Waals surface area (Å²) in [5.41, 5.74) is 0.921. The van der Waals surface area contributed by atoms with Gasteiger partial charge in [-0.25, -0.2) is 0 Å². The van der Waals surface area contributed by atoms with Crippen LogP contribution in [0.5, 0.6) is 0 Å². The number of rotatable bonds is 4. The van der Waals surface area contributed by atoms with Crippen LogP contribution in [0.15, 0.2) is 18.2 Å². The molecule has 1 aromatic carbocycles. The Morgan fingerprint density at radius 2 is 1.91 bits per heavy atom. The molecular weight excluding hydrogens is 337 g/mol. The maximum atomic E-state index is 12.2. The number of quaternary nitrogens is 1. The second-order valence-electron chi connectivity index (χ2n) is 5.90. The van der Waals surface area contributed by atoms with E-state index in [-0.39, 0.29) is 17.9 Å². The molecule has 0 aliphatic carbocycles. The Hall–Kier alpha value is -1.30. The first kappa shape index (κ1) is 18.0. The lowest BCUT2D eigenvalue weighted by molar-refractivity contribution is -0.896. The summed E-state index contributed by atoms with van der Waals surface area (Å²) in [5, 5.41) is 3.97. The number of halogens is 2. The summed E-state index contributed by atoms with van der Waals surface area (Å²) in [4.78, 5) is 26.5. The summed E-state index contributed by atoms with van der Waals surface area (Å²) in [6.45, 7) is 6.93. The molecule has 126 valence electrons. The fourth-order valence-corrected chi connectivity index (χ4v) is 3.01. The maximum Gasteiger partial charge on any atom is 0.275 e. The van der Waals surface area contributed by atoms with Gasteiger partial charge >= 0.3 is 0 Å². The summed E-state index contributed by atoms with van der Waals surface area (Å²) < 4.78 is 0. The highest BCUT2D eigenvalue weighted by atomic mass is 35.5. The molecule has 0 bridgehead atoms. The van der Waals surface area contributed by atoms with Crippen molar-refractivity contribution in [2.45, 2.75) is 19.9 Å². The normalized spacial score (nSPS) is 17.0. The van der Waals surface area contributed by atoms with Crippen molar-refractivity contribution in [1.82, 2.24) is 10.2 Å². The molecule has 1 aliphatic heterocycles. The number of nitrogens with zero attached hydrogens (tertiary/aromatic N) is 1. The molecule has 1 atom stereocenters. The third kappa shape index (κ3) is 5.09. The Bertz CT molecular complexity index is 587. The highest BCUT2D eigenvalue weighted by Crippen LogP contribution is 2.25. The minimum absolute atomic E-state index is 0.00477. The van der Waals surface area contributed by atoms with E-state index >= 15 is 0 Å². The molecule has 7 heteroatoms. The zero-order chi connectivity index (χ0) is 17.0. The lowest BCUT2D eigenvalue weighted by Crippen LogP contribution is -3.15. The number of carbonyl (C=O) groups excluding carboxylic acids is 2. The molecule has 0 unspecified atom stereocenters. The maximum absolute atomic E-state index is 12.2. The zero-order valence-electron chi connectivity index (χ0n) is 13.4. The quantitative estimate of drug-likeness (QED) is 0.840. The molecule has 0 saturated carbocycles. The zero-order valence-corrected chi connectivity index (χ0v) is 14.9. The monoisotopic (exact) mass is 358 g/mol. The average Bonchev–Trinajstić information content (AvgIpc) is 2.50. The van der Waals surface area contributed by atoms with E-state index in [0.717, 1.165) is 18.7 Å². The second-order valence-corrected chi connectivity index (χ2v) is 6.71. The SMILES string of the molecule is CC(=O)N1CC[NH+](CC(=O)N[C@@H](C)c2ccc(Cl)c(Cl)c2)CC1. The van der Waals surface area contributed by atoms with Gasteiger partial charge in [0, 0.05) is 6.92 Å². The molecule has 1 saturated heterocycles. The number of piperazine rings is 1. The number of hydrogen-bond acceptors (Lipinski definition) is 2. The Morgan fingerprint density at radius 1 is 1.26 bits per heavy atom. The van der Waals surface area contributed by atoms with Crippen molar-refractivity contribution < 1.29 is 14.5 Å². The van der Waals surface area contributed by atoms with Gasteiger partial charge in [0.15, 0.2) is 6.54 Å². The summed E-state index contributed by atoms with van der Waals surface area (Å²) in [6.07, 6.45) is 0. The van der Waals surface area contributed by atoms with Crippen molar-refractivity contribution in [1.29, 1.82) is 0 Å². The van der Waals surface area contributed by atoms with E-state index in [2.05, 4.69) is 5.32 Å². The van der Waals surface area contributed by atoms with Gasteiger partial charge < -0.3 is 15.1 Å². The third-order valence-corrected chi connectivity index (χ3v) is 4.89. The largest absolute Gasteiger partial charge is 0.345 e. The Kier molecular flexibility index (Phi) is 6.27. The first-order valence-corrected chi connectivity index (χ1v) is 8.46. The van der Waals surface area contributed by atoms with E-state index in [1.54, 1.807) is 19.1 Å². The van der Waals surface area contributed by atoms with Crippen molar-refractivity contribution in [2.24, 2.45) is 0 Å². The van der Waals surface area contributed by atoms with Crippen LogP contribution >= 0.6 is 23.2 Å². The molecule has 1 heterocycles. The van der Waals surface area contributed by atoms with Crippen LogP contribution < -0.4 is 10.2 Å². The Balaban J connectivity index is 1.82. The van der Waals surface area contributed by atoms with Gasteiger partial charge in [0.2, 0.25) is 5.91 Å². The van der Waals surface area contributed by atoms with Crippen LogP contribution in [0.2, 0.25) is 10.0 Å². The Labute approximate surface area is 146 Å². The van der Waals surface area contributed by atoms with Gasteiger partial charge in [-0.15, -0.1) is 0 Å². The molecule has 0 spiro atoms. The molecule has 23 heavy (non-hydrogen) atoms. The van der Waals surface area contributed by atoms with Gasteiger partial charge in [-0.2, -0.15) is 0 Å². The van der Waals surface area contributed by atoms with Crippen LogP contribution in [0.1, 0.15) is 25.5 Å². The van der Waals surface area contributed by atoms with Gasteiger partial charge in [0.25, 0.3) is 5.91 Å². The van der Waals surface area contributed by atoms with Crippen LogP contribution in [-0.2, 0) is 9.59 Å². The van der Waals surface area contributed by atoms with Crippen LogP contribution in [0.3, 0.4) is 0 Å². The third-order valence-electron chi connectivity index (χ3n) is 4.15. The molecule has 1 fully saturated rings. The fourth-order valence-electron chi connectivity index (χ4n) is 2.70. The van der Waals surface area contributed by atoms with E-state index in [9.17, 15) is 9.59 Å². The van der Waals surface area contributed by atoms with Crippen molar-refractivity contribution in [2.75, 3.05) is 32.7 Å². The van der Waals surface area contributed by atoms with Crippen LogP contribution in [-0.4, -0.2) is 49.4 Å². The first-order valence-electron chi connectivity index (χ1n) is 7.70. The number of amides is 2. The van der Waals surface area contributed by atoms with E-state index in [4.69, 9.17) is 23.2 Å². The van der Waals surface area contributed by atoms with Crippen molar-refractivity contribution in [3.63, 3.8) is 0 Å². The number of nitrogens with one attached hydrogen (secondary N) is 2. The molecule has 0 aromatic heterocycles. The lowest BCUT2D eigenvalue weighted by Gasteiger charge is -2.31. The van der Waals surface area contributed by atoms with Gasteiger partial charge in [-0.1, -0.05) is 29.3 Å². The summed E-state index contributed by atoms with van der Waals surface area (Å²) in [5.74, 6) is 0.0941. The van der Waals surface area contributed by atoms with E-state index in [0.29, 0.717) is 29.7 Å². The predicted molar refractivity (Wildman–Crippen MR) is 90.8 cm³/mol. The van der Waals surface area contributed by atoms with Gasteiger partial charge in [0.05, 0.1) is 42.3 Å². The van der Waals surface area contributed by atoms with Gasteiger partial charge in [0.1, 0.15) is 0 Å². The van der Waals surface area contributed by atoms with E-state index < -0.39 is 0 Å². The second kappa shape index (κ2) is 7.99. The first-order chi connectivity index (χ1) is 10.9. The molecule has 2 N–H and O–H groups in total. The van der Waals surface area contributed by atoms with Gasteiger partial charge in [-0.3, -0.25) is 9.59 Å². The average molecular weight is 359 g/mol. The Morgan fingerprint density at radius 3 is 2.48 bits per heavy atom. The molecular formula is C16H22Cl2N3O2+. The molecule has 0 radical (unpaired) electrons. The van der Waals surface area contributed by atoms with Crippen LogP contribution in [0.4, 0.5) is 0 Å². The molecule has 2 amide bonds. The van der Waals surface area contributed by atoms with E-state index in [1.165, 1.54) is 4.90 Å². The number of hydrogen-bond donors (Lipinski definition) is 2. The summed E-state index contributed by atoms with van der Waals surface area (Å²) >= 11 is 11.9. The topological polar surface area (TPSA) is 53.9 Å². The standard InChI is InChI=1S/C16H21Cl2N3O2/c1-11(13-3-4-14(17)15(18)9-13)19-16(23)10-20-5-7-21(8-6-20)12(2)22/h3-4,9,11H,5-8,10H2,1-2H3,(H,19,23)/p+1/t11-/m0/s1. The highest BCUT2D eigenvalue weighted by molar-refractivity contribution is 6.42. The lowest BCUT2D eigenvalue weighted by atomic mass is 10.1. The molecule has 5 nitrogen and oxygen atoms in total. The van der Waals surface area contributed by atoms with Crippen molar-refractivity contribution in [3.8, 4) is 0 Å². The van der Waals surface area contributed by atoms with E-state index in [1.807, 2.05) is 17.9 Å².